The van der Waals surface area contributed by atoms with Crippen molar-refractivity contribution in [3.63, 3.8) is 0 Å². The Morgan fingerprint density at radius 2 is 1.77 bits per heavy atom. The summed E-state index contributed by atoms with van der Waals surface area (Å²) in [5, 5.41) is 30.1. The van der Waals surface area contributed by atoms with Gasteiger partial charge < -0.3 is 20.1 Å². The van der Waals surface area contributed by atoms with Crippen LogP contribution in [0, 0.1) is 19.3 Å². The third kappa shape index (κ3) is 3.51. The summed E-state index contributed by atoms with van der Waals surface area (Å²) in [6.45, 7) is 5.64. The van der Waals surface area contributed by atoms with E-state index in [0.717, 1.165) is 27.8 Å². The van der Waals surface area contributed by atoms with Crippen LogP contribution in [-0.2, 0) is 11.2 Å². The van der Waals surface area contributed by atoms with Gasteiger partial charge in [-0.3, -0.25) is 0 Å². The van der Waals surface area contributed by atoms with E-state index in [1.54, 1.807) is 0 Å². The van der Waals surface area contributed by atoms with Crippen molar-refractivity contribution in [1.82, 2.24) is 0 Å². The molecule has 0 saturated carbocycles. The molecule has 0 aliphatic carbocycles. The largest absolute Gasteiger partial charge is 0.485 e. The van der Waals surface area contributed by atoms with Crippen LogP contribution < -0.4 is 0 Å². The first-order chi connectivity index (χ1) is 12.4. The average molecular weight is 350 g/mol. The molecular formula is C22H22O4. The van der Waals surface area contributed by atoms with Crippen LogP contribution >= 0.6 is 0 Å². The van der Waals surface area contributed by atoms with Gasteiger partial charge in [0.25, 0.3) is 0 Å². The molecule has 0 amide bonds. The van der Waals surface area contributed by atoms with Gasteiger partial charge in [0.15, 0.2) is 6.10 Å². The zero-order valence-corrected chi connectivity index (χ0v) is 14.6. The summed E-state index contributed by atoms with van der Waals surface area (Å²) in [4.78, 5) is 0. The van der Waals surface area contributed by atoms with Crippen LogP contribution in [-0.4, -0.2) is 33.6 Å². The smallest absolute Gasteiger partial charge is 0.152 e. The van der Waals surface area contributed by atoms with Crippen LogP contribution in [0.1, 0.15) is 33.9 Å². The first-order valence-electron chi connectivity index (χ1n) is 8.45. The summed E-state index contributed by atoms with van der Waals surface area (Å²) in [5.41, 5.74) is 4.88. The van der Waals surface area contributed by atoms with E-state index in [-0.39, 0.29) is 5.76 Å². The maximum absolute atomic E-state index is 10.3. The highest BCUT2D eigenvalue weighted by Crippen LogP contribution is 2.34. The number of benzene rings is 2. The molecule has 134 valence electrons. The molecule has 0 bridgehead atoms. The Bertz CT molecular complexity index is 847. The van der Waals surface area contributed by atoms with Gasteiger partial charge in [0.1, 0.15) is 24.1 Å². The molecule has 0 spiro atoms. The lowest BCUT2D eigenvalue weighted by Gasteiger charge is -2.37. The molecule has 3 N–H and O–H groups in total. The summed E-state index contributed by atoms with van der Waals surface area (Å²) in [5.74, 6) is 2.66. The zero-order chi connectivity index (χ0) is 18.8. The maximum atomic E-state index is 10.3. The lowest BCUT2D eigenvalue weighted by molar-refractivity contribution is -0.157. The Balaban J connectivity index is 1.87. The van der Waals surface area contributed by atoms with Gasteiger partial charge in [-0.2, -0.15) is 0 Å². The first kappa shape index (κ1) is 18.2. The number of terminal acetylenes is 1. The number of aliphatic hydroxyl groups is 3. The standard InChI is InChI=1S/C22H22O4/c1-4-15-6-8-16(9-7-15)11-18-12-17(10-5-13(18)2)22-21(25)20(24)19(23)14(3)26-22/h1,5-10,12,19-25H,3,11H2,2H3/t19-,20+,21-,22+/m1/s1. The van der Waals surface area contributed by atoms with Gasteiger partial charge in [0, 0.05) is 5.56 Å². The van der Waals surface area contributed by atoms with Gasteiger partial charge in [-0.1, -0.05) is 42.8 Å². The number of aryl methyl sites for hydroxylation is 1. The molecule has 3 rings (SSSR count). The van der Waals surface area contributed by atoms with E-state index >= 15 is 0 Å². The number of ether oxygens (including phenoxy) is 1. The van der Waals surface area contributed by atoms with Crippen LogP contribution in [0.2, 0.25) is 0 Å². The van der Waals surface area contributed by atoms with Crippen molar-refractivity contribution in [2.24, 2.45) is 0 Å². The van der Waals surface area contributed by atoms with Gasteiger partial charge in [0.2, 0.25) is 0 Å². The van der Waals surface area contributed by atoms with Gasteiger partial charge in [-0.25, -0.2) is 0 Å². The monoisotopic (exact) mass is 350 g/mol. The zero-order valence-electron chi connectivity index (χ0n) is 14.6. The first-order valence-corrected chi connectivity index (χ1v) is 8.45. The Morgan fingerprint density at radius 3 is 2.42 bits per heavy atom. The summed E-state index contributed by atoms with van der Waals surface area (Å²) in [6.07, 6.45) is 1.47. The molecule has 0 unspecified atom stereocenters. The lowest BCUT2D eigenvalue weighted by atomic mass is 9.90. The van der Waals surface area contributed by atoms with E-state index in [1.165, 1.54) is 0 Å². The molecule has 0 radical (unpaired) electrons. The minimum atomic E-state index is -1.33. The van der Waals surface area contributed by atoms with Crippen molar-refractivity contribution in [1.29, 1.82) is 0 Å². The van der Waals surface area contributed by atoms with Gasteiger partial charge in [0.05, 0.1) is 0 Å². The molecule has 1 fully saturated rings. The van der Waals surface area contributed by atoms with Crippen LogP contribution in [0.3, 0.4) is 0 Å². The third-order valence-electron chi connectivity index (χ3n) is 4.81. The van der Waals surface area contributed by atoms with Crippen LogP contribution in [0.25, 0.3) is 0 Å². The quantitative estimate of drug-likeness (QED) is 0.743. The molecule has 0 aromatic heterocycles. The van der Waals surface area contributed by atoms with Crippen LogP contribution in [0.4, 0.5) is 0 Å². The van der Waals surface area contributed by atoms with Gasteiger partial charge >= 0.3 is 0 Å². The highest BCUT2D eigenvalue weighted by atomic mass is 16.5. The van der Waals surface area contributed by atoms with Crippen molar-refractivity contribution in [3.8, 4) is 12.3 Å². The molecule has 4 atom stereocenters. The fourth-order valence-corrected chi connectivity index (χ4v) is 3.12. The van der Waals surface area contributed by atoms with Gasteiger partial charge in [-0.15, -0.1) is 6.42 Å². The van der Waals surface area contributed by atoms with E-state index in [0.29, 0.717) is 6.42 Å². The van der Waals surface area contributed by atoms with Crippen molar-refractivity contribution in [3.05, 3.63) is 82.6 Å². The van der Waals surface area contributed by atoms with Crippen molar-refractivity contribution in [2.75, 3.05) is 0 Å². The Labute approximate surface area is 153 Å². The Hall–Kier alpha value is -2.58. The highest BCUT2D eigenvalue weighted by Gasteiger charge is 2.41. The van der Waals surface area contributed by atoms with E-state index in [4.69, 9.17) is 11.2 Å². The predicted octanol–water partition coefficient (Wildman–Crippen LogP) is 2.23. The fraction of sp³-hybridized carbons (Fsp3) is 0.273. The molecule has 1 saturated heterocycles. The van der Waals surface area contributed by atoms with E-state index in [2.05, 4.69) is 12.5 Å². The molecule has 2 aromatic carbocycles. The summed E-state index contributed by atoms with van der Waals surface area (Å²) < 4.78 is 5.57. The second-order valence-corrected chi connectivity index (χ2v) is 6.63. The lowest BCUT2D eigenvalue weighted by Crippen LogP contribution is -2.47. The fourth-order valence-electron chi connectivity index (χ4n) is 3.12. The van der Waals surface area contributed by atoms with E-state index in [1.807, 2.05) is 49.4 Å². The van der Waals surface area contributed by atoms with Crippen molar-refractivity contribution >= 4 is 0 Å². The van der Waals surface area contributed by atoms with Crippen LogP contribution in [0.15, 0.2) is 54.8 Å². The third-order valence-corrected chi connectivity index (χ3v) is 4.81. The Kier molecular flexibility index (Phi) is 5.15. The number of aliphatic hydroxyl groups excluding tert-OH is 3. The topological polar surface area (TPSA) is 69.9 Å². The van der Waals surface area contributed by atoms with Crippen LogP contribution in [0.5, 0.6) is 0 Å². The molecule has 1 heterocycles. The number of hydrogen-bond donors (Lipinski definition) is 3. The minimum absolute atomic E-state index is 0.0554. The van der Waals surface area contributed by atoms with Gasteiger partial charge in [-0.05, 0) is 47.7 Å². The number of hydrogen-bond acceptors (Lipinski definition) is 4. The second kappa shape index (κ2) is 7.35. The normalized spacial score (nSPS) is 25.4. The number of rotatable bonds is 3. The highest BCUT2D eigenvalue weighted by molar-refractivity contribution is 5.40. The minimum Gasteiger partial charge on any atom is -0.485 e. The molecule has 2 aromatic rings. The summed E-state index contributed by atoms with van der Waals surface area (Å²) in [7, 11) is 0. The summed E-state index contributed by atoms with van der Waals surface area (Å²) >= 11 is 0. The molecule has 1 aliphatic rings. The predicted molar refractivity (Wildman–Crippen MR) is 99.3 cm³/mol. The van der Waals surface area contributed by atoms with E-state index in [9.17, 15) is 15.3 Å². The average Bonchev–Trinajstić information content (AvgIpc) is 2.65. The molecule has 1 aliphatic heterocycles. The molecule has 4 nitrogen and oxygen atoms in total. The van der Waals surface area contributed by atoms with Crippen molar-refractivity contribution < 1.29 is 20.1 Å². The molecular weight excluding hydrogens is 328 g/mol. The summed E-state index contributed by atoms with van der Waals surface area (Å²) in [6, 6.07) is 13.6. The molecule has 26 heavy (non-hydrogen) atoms. The second-order valence-electron chi connectivity index (χ2n) is 6.63. The molecule has 4 heteroatoms. The van der Waals surface area contributed by atoms with Crippen molar-refractivity contribution in [2.45, 2.75) is 37.8 Å². The maximum Gasteiger partial charge on any atom is 0.152 e. The van der Waals surface area contributed by atoms with E-state index < -0.39 is 24.4 Å². The Morgan fingerprint density at radius 1 is 1.08 bits per heavy atom. The SMILES string of the molecule is C#Cc1ccc(Cc2cc([C@@H]3OC(=C)[C@@H](O)[C@H](O)[C@H]3O)ccc2C)cc1.